The number of halogens is 1. The summed E-state index contributed by atoms with van der Waals surface area (Å²) >= 11 is 3.56. The number of benzene rings is 2. The van der Waals surface area contributed by atoms with E-state index in [9.17, 15) is 4.79 Å². The molecule has 3 aromatic rings. The Morgan fingerprint density at radius 2 is 1.86 bits per heavy atom. The second-order valence-electron chi connectivity index (χ2n) is 4.93. The monoisotopic (exact) mass is 340 g/mol. The minimum atomic E-state index is -0.520. The zero-order chi connectivity index (χ0) is 15.0. The van der Waals surface area contributed by atoms with E-state index in [0.29, 0.717) is 5.69 Å². The van der Waals surface area contributed by atoms with Crippen molar-refractivity contribution in [2.75, 3.05) is 0 Å². The zero-order valence-electron chi connectivity index (χ0n) is 11.4. The molecule has 21 heavy (non-hydrogen) atoms. The summed E-state index contributed by atoms with van der Waals surface area (Å²) in [5, 5.41) is 0.962. The molecule has 0 aliphatic carbocycles. The Kier molecular flexibility index (Phi) is 3.47. The molecule has 0 radical (unpaired) electrons. The molecule has 3 rings (SSSR count). The Bertz CT molecular complexity index is 844. The molecule has 3 nitrogen and oxygen atoms in total. The topological polar surface area (TPSA) is 56.0 Å². The summed E-state index contributed by atoms with van der Waals surface area (Å²) in [5.74, 6) is -0.520. The number of hydrogen-bond donors (Lipinski definition) is 1. The average molecular weight is 341 g/mol. The fourth-order valence-corrected chi connectivity index (χ4v) is 3.07. The number of rotatable bonds is 2. The highest BCUT2D eigenvalue weighted by Crippen LogP contribution is 2.31. The standard InChI is InChI=1S/C17H13BrN2O/c1-10-7-14(18)13-9-12(11-5-3-2-4-6-11)16(17(19)21)20-15(13)8-10/h2-9H,1H3,(H2,19,21). The second-order valence-corrected chi connectivity index (χ2v) is 5.78. The van der Waals surface area contributed by atoms with Crippen molar-refractivity contribution in [1.82, 2.24) is 4.98 Å². The Labute approximate surface area is 130 Å². The molecule has 1 heterocycles. The van der Waals surface area contributed by atoms with Crippen molar-refractivity contribution in [2.24, 2.45) is 5.73 Å². The molecule has 0 saturated carbocycles. The van der Waals surface area contributed by atoms with E-state index in [0.717, 1.165) is 32.1 Å². The Balaban J connectivity index is 2.38. The maximum Gasteiger partial charge on any atom is 0.267 e. The van der Waals surface area contributed by atoms with Gasteiger partial charge < -0.3 is 5.73 Å². The van der Waals surface area contributed by atoms with Crippen LogP contribution in [0.15, 0.2) is 53.0 Å². The predicted octanol–water partition coefficient (Wildman–Crippen LogP) is 4.07. The number of aromatic nitrogens is 1. The third kappa shape index (κ3) is 2.54. The van der Waals surface area contributed by atoms with Gasteiger partial charge in [0.25, 0.3) is 5.91 Å². The number of carbonyl (C=O) groups is 1. The van der Waals surface area contributed by atoms with Gasteiger partial charge in [0, 0.05) is 15.4 Å². The van der Waals surface area contributed by atoms with Crippen molar-refractivity contribution in [1.29, 1.82) is 0 Å². The maximum atomic E-state index is 11.8. The molecular weight excluding hydrogens is 328 g/mol. The number of pyridine rings is 1. The molecule has 0 unspecified atom stereocenters. The molecule has 0 aliphatic rings. The molecule has 1 aromatic heterocycles. The van der Waals surface area contributed by atoms with Gasteiger partial charge in [-0.1, -0.05) is 46.3 Å². The smallest absolute Gasteiger partial charge is 0.267 e. The summed E-state index contributed by atoms with van der Waals surface area (Å²) in [5.41, 5.74) is 9.31. The van der Waals surface area contributed by atoms with Gasteiger partial charge in [0.15, 0.2) is 0 Å². The lowest BCUT2D eigenvalue weighted by atomic mass is 10.0. The molecule has 0 bridgehead atoms. The van der Waals surface area contributed by atoms with E-state index in [-0.39, 0.29) is 0 Å². The van der Waals surface area contributed by atoms with Gasteiger partial charge in [0.05, 0.1) is 5.52 Å². The van der Waals surface area contributed by atoms with Gasteiger partial charge in [0.2, 0.25) is 0 Å². The normalized spacial score (nSPS) is 10.8. The van der Waals surface area contributed by atoms with E-state index in [1.54, 1.807) is 0 Å². The first kappa shape index (κ1) is 13.8. The predicted molar refractivity (Wildman–Crippen MR) is 88.1 cm³/mol. The van der Waals surface area contributed by atoms with Crippen LogP contribution >= 0.6 is 15.9 Å². The van der Waals surface area contributed by atoms with Crippen LogP contribution in [0.4, 0.5) is 0 Å². The van der Waals surface area contributed by atoms with E-state index in [1.807, 2.05) is 55.5 Å². The Morgan fingerprint density at radius 3 is 2.52 bits per heavy atom. The first-order valence-corrected chi connectivity index (χ1v) is 7.31. The van der Waals surface area contributed by atoms with E-state index in [4.69, 9.17) is 5.73 Å². The number of aryl methyl sites for hydroxylation is 1. The van der Waals surface area contributed by atoms with Crippen LogP contribution in [0.5, 0.6) is 0 Å². The second kappa shape index (κ2) is 5.30. The largest absolute Gasteiger partial charge is 0.364 e. The lowest BCUT2D eigenvalue weighted by molar-refractivity contribution is 0.0996. The molecule has 0 saturated heterocycles. The van der Waals surface area contributed by atoms with E-state index < -0.39 is 5.91 Å². The van der Waals surface area contributed by atoms with E-state index in [2.05, 4.69) is 20.9 Å². The molecule has 0 spiro atoms. The summed E-state index contributed by atoms with van der Waals surface area (Å²) in [6, 6.07) is 15.6. The van der Waals surface area contributed by atoms with Crippen LogP contribution in [0, 0.1) is 6.92 Å². The SMILES string of the molecule is Cc1cc(Br)c2cc(-c3ccccc3)c(C(N)=O)nc2c1. The summed E-state index contributed by atoms with van der Waals surface area (Å²) in [4.78, 5) is 16.2. The molecule has 2 N–H and O–H groups in total. The van der Waals surface area contributed by atoms with Gasteiger partial charge in [-0.3, -0.25) is 4.79 Å². The van der Waals surface area contributed by atoms with Gasteiger partial charge in [0.1, 0.15) is 5.69 Å². The number of fused-ring (bicyclic) bond motifs is 1. The number of primary amides is 1. The number of carbonyl (C=O) groups excluding carboxylic acids is 1. The lowest BCUT2D eigenvalue weighted by Gasteiger charge is -2.10. The van der Waals surface area contributed by atoms with Crippen molar-refractivity contribution in [2.45, 2.75) is 6.92 Å². The van der Waals surface area contributed by atoms with Crippen LogP contribution in [-0.2, 0) is 0 Å². The van der Waals surface area contributed by atoms with Crippen LogP contribution in [-0.4, -0.2) is 10.9 Å². The molecule has 0 atom stereocenters. The summed E-state index contributed by atoms with van der Waals surface area (Å²) < 4.78 is 0.957. The molecule has 2 aromatic carbocycles. The molecule has 0 fully saturated rings. The first-order valence-electron chi connectivity index (χ1n) is 6.52. The molecule has 0 aliphatic heterocycles. The lowest BCUT2D eigenvalue weighted by Crippen LogP contribution is -2.14. The van der Waals surface area contributed by atoms with Gasteiger partial charge in [-0.25, -0.2) is 4.98 Å². The summed E-state index contributed by atoms with van der Waals surface area (Å²) in [6.45, 7) is 1.99. The van der Waals surface area contributed by atoms with Crippen molar-refractivity contribution in [3.8, 4) is 11.1 Å². The van der Waals surface area contributed by atoms with Crippen LogP contribution in [0.25, 0.3) is 22.0 Å². The average Bonchev–Trinajstić information content (AvgIpc) is 2.46. The highest BCUT2D eigenvalue weighted by molar-refractivity contribution is 9.10. The van der Waals surface area contributed by atoms with E-state index >= 15 is 0 Å². The van der Waals surface area contributed by atoms with Crippen LogP contribution < -0.4 is 5.73 Å². The maximum absolute atomic E-state index is 11.8. The zero-order valence-corrected chi connectivity index (χ0v) is 13.0. The summed E-state index contributed by atoms with van der Waals surface area (Å²) in [6.07, 6.45) is 0. The van der Waals surface area contributed by atoms with Crippen molar-refractivity contribution < 1.29 is 4.79 Å². The van der Waals surface area contributed by atoms with Crippen molar-refractivity contribution >= 4 is 32.7 Å². The summed E-state index contributed by atoms with van der Waals surface area (Å²) in [7, 11) is 0. The Morgan fingerprint density at radius 1 is 1.14 bits per heavy atom. The van der Waals surface area contributed by atoms with Crippen LogP contribution in [0.3, 0.4) is 0 Å². The Hall–Kier alpha value is -2.20. The fourth-order valence-electron chi connectivity index (χ4n) is 2.39. The molecule has 4 heteroatoms. The quantitative estimate of drug-likeness (QED) is 0.764. The van der Waals surface area contributed by atoms with Crippen molar-refractivity contribution in [3.63, 3.8) is 0 Å². The van der Waals surface area contributed by atoms with Gasteiger partial charge in [-0.15, -0.1) is 0 Å². The molecule has 1 amide bonds. The third-order valence-corrected chi connectivity index (χ3v) is 4.00. The van der Waals surface area contributed by atoms with Gasteiger partial charge >= 0.3 is 0 Å². The molecular formula is C17H13BrN2O. The van der Waals surface area contributed by atoms with Gasteiger partial charge in [-0.05, 0) is 36.2 Å². The number of nitrogens with zero attached hydrogens (tertiary/aromatic N) is 1. The van der Waals surface area contributed by atoms with Crippen molar-refractivity contribution in [3.05, 3.63) is 64.3 Å². The number of hydrogen-bond acceptors (Lipinski definition) is 2. The van der Waals surface area contributed by atoms with E-state index in [1.165, 1.54) is 0 Å². The first-order chi connectivity index (χ1) is 10.1. The molecule has 104 valence electrons. The fraction of sp³-hybridized carbons (Fsp3) is 0.0588. The number of nitrogens with two attached hydrogens (primary N) is 1. The highest BCUT2D eigenvalue weighted by atomic mass is 79.9. The third-order valence-electron chi connectivity index (χ3n) is 3.35. The minimum Gasteiger partial charge on any atom is -0.364 e. The minimum absolute atomic E-state index is 0.297. The number of amides is 1. The van der Waals surface area contributed by atoms with Crippen LogP contribution in [0.1, 0.15) is 16.1 Å². The highest BCUT2D eigenvalue weighted by Gasteiger charge is 2.15. The van der Waals surface area contributed by atoms with Crippen LogP contribution in [0.2, 0.25) is 0 Å². The van der Waals surface area contributed by atoms with Gasteiger partial charge in [-0.2, -0.15) is 0 Å².